The van der Waals surface area contributed by atoms with Crippen LogP contribution in [-0.4, -0.2) is 16.6 Å². The smallest absolute Gasteiger partial charge is 0.325 e. The van der Waals surface area contributed by atoms with Crippen LogP contribution in [0.3, 0.4) is 0 Å². The molecule has 0 aliphatic rings. The zero-order valence-electron chi connectivity index (χ0n) is 9.32. The third-order valence-corrected chi connectivity index (χ3v) is 1.96. The molecule has 1 atom stereocenters. The van der Waals surface area contributed by atoms with E-state index >= 15 is 0 Å². The van der Waals surface area contributed by atoms with Gasteiger partial charge in [-0.3, -0.25) is 10.1 Å². The molecule has 0 bridgehead atoms. The van der Waals surface area contributed by atoms with Gasteiger partial charge in [0.25, 0.3) is 0 Å². The molecule has 0 radical (unpaired) electrons. The summed E-state index contributed by atoms with van der Waals surface area (Å²) in [6, 6.07) is 8.55. The minimum Gasteiger partial charge on any atom is -0.480 e. The number of benzene rings is 1. The van der Waals surface area contributed by atoms with Gasteiger partial charge in [-0.15, -0.1) is 0 Å². The van der Waals surface area contributed by atoms with Gasteiger partial charge >= 0.3 is 5.97 Å². The lowest BCUT2D eigenvalue weighted by Crippen LogP contribution is -2.42. The van der Waals surface area contributed by atoms with E-state index in [0.717, 1.165) is 5.56 Å². The van der Waals surface area contributed by atoms with Crippen molar-refractivity contribution in [2.45, 2.75) is 32.4 Å². The highest BCUT2D eigenvalue weighted by molar-refractivity contribution is 5.75. The summed E-state index contributed by atoms with van der Waals surface area (Å²) in [5.74, 6) is -0.851. The van der Waals surface area contributed by atoms with Crippen LogP contribution in [0, 0.1) is 0 Å². The van der Waals surface area contributed by atoms with Gasteiger partial charge in [-0.25, -0.2) is 0 Å². The van der Waals surface area contributed by atoms with Gasteiger partial charge < -0.3 is 5.11 Å². The van der Waals surface area contributed by atoms with Gasteiger partial charge in [0.1, 0.15) is 6.04 Å². The summed E-state index contributed by atoms with van der Waals surface area (Å²) in [4.78, 5) is 11.1. The van der Waals surface area contributed by atoms with E-state index in [2.05, 4.69) is 5.32 Å². The molecule has 0 saturated heterocycles. The van der Waals surface area contributed by atoms with E-state index in [4.69, 9.17) is 5.11 Å². The van der Waals surface area contributed by atoms with Crippen LogP contribution in [0.4, 0.5) is 0 Å². The van der Waals surface area contributed by atoms with E-state index in [1.807, 2.05) is 51.1 Å². The molecule has 1 aromatic rings. The Balaban J connectivity index is 0.00000225. The quantitative estimate of drug-likeness (QED) is 0.805. The van der Waals surface area contributed by atoms with Crippen molar-refractivity contribution in [2.24, 2.45) is 0 Å². The van der Waals surface area contributed by atoms with Gasteiger partial charge in [-0.2, -0.15) is 0 Å². The predicted octanol–water partition coefficient (Wildman–Crippen LogP) is 2.45. The Morgan fingerprint density at radius 3 is 2.27 bits per heavy atom. The molecule has 1 aromatic carbocycles. The van der Waals surface area contributed by atoms with Crippen molar-refractivity contribution in [1.82, 2.24) is 5.32 Å². The molecule has 0 aliphatic heterocycles. The number of carboxylic acid groups (broad SMARTS) is 1. The van der Waals surface area contributed by atoms with E-state index < -0.39 is 12.0 Å². The lowest BCUT2D eigenvalue weighted by molar-refractivity contribution is -0.140. The first-order chi connectivity index (χ1) is 6.90. The maximum absolute atomic E-state index is 11.1. The van der Waals surface area contributed by atoms with Crippen LogP contribution in [0.1, 0.15) is 33.8 Å². The normalized spacial score (nSPS) is 13.5. The van der Waals surface area contributed by atoms with E-state index in [1.165, 1.54) is 0 Å². The van der Waals surface area contributed by atoms with E-state index in [1.54, 1.807) is 0 Å². The second-order valence-corrected chi connectivity index (χ2v) is 4.58. The fraction of sp³-hybridized carbons (Fsp3) is 0.417. The number of carbonyl (C=O) groups is 1. The van der Waals surface area contributed by atoms with Crippen molar-refractivity contribution in [3.63, 3.8) is 0 Å². The number of hydrogen-bond acceptors (Lipinski definition) is 2. The van der Waals surface area contributed by atoms with Crippen molar-refractivity contribution < 1.29 is 11.3 Å². The molecule has 0 saturated carbocycles. The molecule has 0 fully saturated rings. The summed E-state index contributed by atoms with van der Waals surface area (Å²) in [5.41, 5.74) is 0.554. The van der Waals surface area contributed by atoms with Crippen LogP contribution in [0.15, 0.2) is 30.3 Å². The lowest BCUT2D eigenvalue weighted by atomic mass is 10.0. The van der Waals surface area contributed by atoms with Crippen LogP contribution < -0.4 is 5.32 Å². The molecule has 3 nitrogen and oxygen atoms in total. The van der Waals surface area contributed by atoms with Crippen molar-refractivity contribution in [3.8, 4) is 0 Å². The summed E-state index contributed by atoms with van der Waals surface area (Å²) in [5, 5.41) is 12.2. The molecule has 0 spiro atoms. The van der Waals surface area contributed by atoms with Gasteiger partial charge in [0.05, 0.1) is 0 Å². The molecule has 1 rings (SSSR count). The number of aliphatic carboxylic acids is 1. The summed E-state index contributed by atoms with van der Waals surface area (Å²) >= 11 is 0. The average molecular weight is 210 g/mol. The SMILES string of the molecule is CC(C)(C)NC(C(=O)O)c1ccccc1.[2HH]. The standard InChI is InChI=1S/C12H17NO2.H2/c1-12(2,3)13-10(11(14)15)9-7-5-4-6-8-9;/h4-8,10,13H,1-3H3,(H,14,15);1H/i;1+1. The highest BCUT2D eigenvalue weighted by Crippen LogP contribution is 2.16. The van der Waals surface area contributed by atoms with Gasteiger partial charge in [-0.1, -0.05) is 30.3 Å². The first-order valence-corrected chi connectivity index (χ1v) is 4.95. The molecule has 15 heavy (non-hydrogen) atoms. The largest absolute Gasteiger partial charge is 0.480 e. The van der Waals surface area contributed by atoms with Gasteiger partial charge in [-0.05, 0) is 26.3 Å². The Labute approximate surface area is 91.6 Å². The molecule has 2 N–H and O–H groups in total. The Morgan fingerprint density at radius 2 is 1.87 bits per heavy atom. The maximum Gasteiger partial charge on any atom is 0.325 e. The molecule has 3 heteroatoms. The minimum absolute atomic E-state index is 0. The Bertz CT molecular complexity index is 333. The molecule has 0 heterocycles. The van der Waals surface area contributed by atoms with E-state index in [0.29, 0.717) is 0 Å². The third-order valence-electron chi connectivity index (χ3n) is 1.96. The van der Waals surface area contributed by atoms with Crippen molar-refractivity contribution >= 4 is 5.97 Å². The first kappa shape index (κ1) is 11.7. The highest BCUT2D eigenvalue weighted by atomic mass is 16.4. The zero-order valence-corrected chi connectivity index (χ0v) is 9.32. The number of carboxylic acids is 1. The zero-order chi connectivity index (χ0) is 11.5. The van der Waals surface area contributed by atoms with Crippen LogP contribution in [-0.2, 0) is 4.79 Å². The molecule has 0 aromatic heterocycles. The van der Waals surface area contributed by atoms with Crippen LogP contribution >= 0.6 is 0 Å². The summed E-state index contributed by atoms with van der Waals surface area (Å²) < 4.78 is 0. The van der Waals surface area contributed by atoms with Crippen LogP contribution in [0.2, 0.25) is 0 Å². The summed E-state index contributed by atoms with van der Waals surface area (Å²) in [7, 11) is 0. The third kappa shape index (κ3) is 3.72. The van der Waals surface area contributed by atoms with Gasteiger partial charge in [0.15, 0.2) is 0 Å². The highest BCUT2D eigenvalue weighted by Gasteiger charge is 2.24. The Morgan fingerprint density at radius 1 is 1.33 bits per heavy atom. The molecule has 0 amide bonds. The maximum atomic E-state index is 11.1. The number of nitrogens with one attached hydrogen (secondary N) is 1. The predicted molar refractivity (Wildman–Crippen MR) is 61.8 cm³/mol. The van der Waals surface area contributed by atoms with Crippen molar-refractivity contribution in [1.29, 1.82) is 0 Å². The second-order valence-electron chi connectivity index (χ2n) is 4.58. The number of rotatable bonds is 3. The summed E-state index contributed by atoms with van der Waals surface area (Å²) in [6.45, 7) is 5.85. The fourth-order valence-electron chi connectivity index (χ4n) is 1.37. The monoisotopic (exact) mass is 210 g/mol. The topological polar surface area (TPSA) is 49.3 Å². The van der Waals surface area contributed by atoms with Crippen molar-refractivity contribution in [2.75, 3.05) is 0 Å². The van der Waals surface area contributed by atoms with Gasteiger partial charge in [0.2, 0.25) is 0 Å². The fourth-order valence-corrected chi connectivity index (χ4v) is 1.37. The summed E-state index contributed by atoms with van der Waals surface area (Å²) in [6.07, 6.45) is 0. The lowest BCUT2D eigenvalue weighted by Gasteiger charge is -2.26. The molecular weight excluding hydrogens is 190 g/mol. The molecule has 1 unspecified atom stereocenters. The Kier molecular flexibility index (Phi) is 3.48. The van der Waals surface area contributed by atoms with E-state index in [9.17, 15) is 4.79 Å². The van der Waals surface area contributed by atoms with Crippen LogP contribution in [0.25, 0.3) is 0 Å². The minimum atomic E-state index is -0.851. The van der Waals surface area contributed by atoms with Crippen molar-refractivity contribution in [3.05, 3.63) is 35.9 Å². The average Bonchev–Trinajstić information content (AvgIpc) is 2.14. The molecular formula is C12H19NO2. The van der Waals surface area contributed by atoms with Crippen LogP contribution in [0.5, 0.6) is 0 Å². The van der Waals surface area contributed by atoms with Gasteiger partial charge in [0, 0.05) is 6.97 Å². The van der Waals surface area contributed by atoms with E-state index in [-0.39, 0.29) is 6.97 Å². The first-order valence-electron chi connectivity index (χ1n) is 4.95. The molecule has 84 valence electrons. The molecule has 0 aliphatic carbocycles. The number of hydrogen-bond donors (Lipinski definition) is 2. The second kappa shape index (κ2) is 4.45. The Hall–Kier alpha value is -1.35.